The van der Waals surface area contributed by atoms with Crippen LogP contribution in [0.2, 0.25) is 0 Å². The molecule has 0 saturated carbocycles. The van der Waals surface area contributed by atoms with Crippen molar-refractivity contribution in [3.8, 4) is 17.6 Å². The van der Waals surface area contributed by atoms with Crippen molar-refractivity contribution >= 4 is 46.1 Å². The third-order valence-electron chi connectivity index (χ3n) is 6.97. The Morgan fingerprint density at radius 2 is 1.87 bits per heavy atom. The fourth-order valence-corrected chi connectivity index (χ4v) is 6.06. The van der Waals surface area contributed by atoms with E-state index < -0.39 is 0 Å². The van der Waals surface area contributed by atoms with Crippen LogP contribution >= 0.6 is 24.0 Å². The summed E-state index contributed by atoms with van der Waals surface area (Å²) in [6, 6.07) is 7.74. The maximum Gasteiger partial charge on any atom is 0.270 e. The summed E-state index contributed by atoms with van der Waals surface area (Å²) in [6.07, 6.45) is 8.55. The minimum absolute atomic E-state index is 0.0688. The molecule has 2 aromatic rings. The first-order valence-electron chi connectivity index (χ1n) is 13.4. The molecule has 0 aliphatic carbocycles. The van der Waals surface area contributed by atoms with Gasteiger partial charge in [-0.15, -0.1) is 0 Å². The van der Waals surface area contributed by atoms with Gasteiger partial charge >= 0.3 is 0 Å². The van der Waals surface area contributed by atoms with Crippen LogP contribution in [0.4, 0.5) is 5.82 Å². The maximum absolute atomic E-state index is 13.3. The van der Waals surface area contributed by atoms with Crippen LogP contribution in [0, 0.1) is 18.3 Å². The number of nitriles is 1. The Kier molecular flexibility index (Phi) is 9.70. The van der Waals surface area contributed by atoms with Crippen LogP contribution in [-0.2, 0) is 17.9 Å². The lowest BCUT2D eigenvalue weighted by Gasteiger charge is -2.19. The van der Waals surface area contributed by atoms with E-state index in [-0.39, 0.29) is 23.8 Å². The standard InChI is InChI=1S/C29H34N4O4S2/c1-4-6-7-8-9-10-13-33-28(35)25(39-29(33)38)15-21-19(3)22(16-30)27(34)32(5-2)26(21)31-17-20-11-12-23-24(14-20)37-18-36-23/h11-12,14-15,31H,4-10,13,17-18H2,1-3H3/b25-15+. The lowest BCUT2D eigenvalue weighted by atomic mass is 10.0. The number of unbranched alkanes of at least 4 members (excludes halogenated alkanes) is 5. The number of ether oxygens (including phenoxy) is 2. The molecule has 1 aromatic heterocycles. The van der Waals surface area contributed by atoms with Crippen LogP contribution in [0.5, 0.6) is 11.5 Å². The number of rotatable bonds is 12. The average Bonchev–Trinajstić information content (AvgIpc) is 3.50. The first-order chi connectivity index (χ1) is 18.9. The Labute approximate surface area is 239 Å². The number of carbonyl (C=O) groups is 1. The van der Waals surface area contributed by atoms with E-state index in [2.05, 4.69) is 18.3 Å². The van der Waals surface area contributed by atoms with Crippen molar-refractivity contribution in [2.24, 2.45) is 0 Å². The Morgan fingerprint density at radius 3 is 2.62 bits per heavy atom. The van der Waals surface area contributed by atoms with Crippen LogP contribution in [0.15, 0.2) is 27.9 Å². The number of amides is 1. The molecule has 1 N–H and O–H groups in total. The van der Waals surface area contributed by atoms with Gasteiger partial charge in [-0.3, -0.25) is 19.1 Å². The Hall–Kier alpha value is -3.29. The lowest BCUT2D eigenvalue weighted by Crippen LogP contribution is -2.29. The molecule has 39 heavy (non-hydrogen) atoms. The Bertz CT molecular complexity index is 1390. The summed E-state index contributed by atoms with van der Waals surface area (Å²) >= 11 is 6.82. The lowest BCUT2D eigenvalue weighted by molar-refractivity contribution is -0.122. The molecule has 1 aromatic carbocycles. The van der Waals surface area contributed by atoms with Crippen LogP contribution in [-0.4, -0.2) is 33.0 Å². The Morgan fingerprint density at radius 1 is 1.13 bits per heavy atom. The maximum atomic E-state index is 13.3. The highest BCUT2D eigenvalue weighted by molar-refractivity contribution is 8.26. The third-order valence-corrected chi connectivity index (χ3v) is 8.35. The van der Waals surface area contributed by atoms with Gasteiger partial charge < -0.3 is 14.8 Å². The number of carbonyl (C=O) groups excluding carboxylic acids is 1. The second-order valence-electron chi connectivity index (χ2n) is 9.57. The number of benzene rings is 1. The summed E-state index contributed by atoms with van der Waals surface area (Å²) in [4.78, 5) is 28.7. The van der Waals surface area contributed by atoms with Gasteiger partial charge in [0.2, 0.25) is 6.79 Å². The largest absolute Gasteiger partial charge is 0.454 e. The predicted molar refractivity (Wildman–Crippen MR) is 159 cm³/mol. The second-order valence-corrected chi connectivity index (χ2v) is 11.2. The van der Waals surface area contributed by atoms with Crippen molar-refractivity contribution < 1.29 is 14.3 Å². The normalized spacial score (nSPS) is 15.3. The molecule has 3 heterocycles. The molecular formula is C29H34N4O4S2. The van der Waals surface area contributed by atoms with Gasteiger partial charge in [-0.1, -0.05) is 69.1 Å². The van der Waals surface area contributed by atoms with Gasteiger partial charge in [0.25, 0.3) is 11.5 Å². The average molecular weight is 567 g/mol. The van der Waals surface area contributed by atoms with E-state index in [1.807, 2.05) is 25.1 Å². The summed E-state index contributed by atoms with van der Waals surface area (Å²) < 4.78 is 13.0. The second kappa shape index (κ2) is 13.2. The van der Waals surface area contributed by atoms with Crippen molar-refractivity contribution in [1.82, 2.24) is 9.47 Å². The minimum Gasteiger partial charge on any atom is -0.454 e. The summed E-state index contributed by atoms with van der Waals surface area (Å²) in [6.45, 7) is 7.34. The molecule has 0 spiro atoms. The first-order valence-corrected chi connectivity index (χ1v) is 14.7. The summed E-state index contributed by atoms with van der Waals surface area (Å²) in [5, 5.41) is 13.2. The van der Waals surface area contributed by atoms with Crippen LogP contribution in [0.1, 0.15) is 74.6 Å². The number of thioether (sulfide) groups is 1. The molecule has 0 bridgehead atoms. The molecule has 8 nitrogen and oxygen atoms in total. The molecule has 1 fully saturated rings. The zero-order valence-electron chi connectivity index (χ0n) is 22.7. The predicted octanol–water partition coefficient (Wildman–Crippen LogP) is 5.95. The number of thiocarbonyl (C=S) groups is 1. The number of anilines is 1. The number of nitrogens with zero attached hydrogens (tertiary/aromatic N) is 3. The monoisotopic (exact) mass is 566 g/mol. The Balaban J connectivity index is 1.62. The van der Waals surface area contributed by atoms with Crippen molar-refractivity contribution in [2.75, 3.05) is 18.7 Å². The van der Waals surface area contributed by atoms with Gasteiger partial charge in [0.05, 0.1) is 4.91 Å². The van der Waals surface area contributed by atoms with Crippen LogP contribution < -0.4 is 20.3 Å². The van der Waals surface area contributed by atoms with Gasteiger partial charge in [-0.05, 0) is 49.6 Å². The molecule has 0 unspecified atom stereocenters. The van der Waals surface area contributed by atoms with Gasteiger partial charge in [0.15, 0.2) is 11.5 Å². The molecule has 4 rings (SSSR count). The van der Waals surface area contributed by atoms with Crippen LogP contribution in [0.25, 0.3) is 6.08 Å². The third kappa shape index (κ3) is 6.31. The molecule has 2 aliphatic heterocycles. The van der Waals surface area contributed by atoms with Crippen molar-refractivity contribution in [1.29, 1.82) is 5.26 Å². The summed E-state index contributed by atoms with van der Waals surface area (Å²) in [5.74, 6) is 1.79. The molecule has 0 radical (unpaired) electrons. The van der Waals surface area contributed by atoms with Gasteiger partial charge in [0, 0.05) is 25.2 Å². The van der Waals surface area contributed by atoms with E-state index in [1.165, 1.54) is 31.0 Å². The summed E-state index contributed by atoms with van der Waals surface area (Å²) in [7, 11) is 0. The van der Waals surface area contributed by atoms with E-state index in [9.17, 15) is 14.9 Å². The fourth-order valence-electron chi connectivity index (χ4n) is 4.77. The fraction of sp³-hybridized carbons (Fsp3) is 0.448. The number of aromatic nitrogens is 1. The highest BCUT2D eigenvalue weighted by Crippen LogP contribution is 2.36. The van der Waals surface area contributed by atoms with Gasteiger partial charge in [-0.25, -0.2) is 0 Å². The molecule has 1 saturated heterocycles. The molecule has 10 heteroatoms. The summed E-state index contributed by atoms with van der Waals surface area (Å²) in [5.41, 5.74) is 1.81. The quantitative estimate of drug-likeness (QED) is 0.191. The number of fused-ring (bicyclic) bond motifs is 1. The van der Waals surface area contributed by atoms with E-state index >= 15 is 0 Å². The molecule has 2 aliphatic rings. The SMILES string of the molecule is CCCCCCCCN1C(=O)/C(=C\c2c(C)c(C#N)c(=O)n(CC)c2NCc2ccc3c(c2)OCO3)SC1=S. The highest BCUT2D eigenvalue weighted by atomic mass is 32.2. The van der Waals surface area contributed by atoms with E-state index in [1.54, 1.807) is 22.5 Å². The zero-order chi connectivity index (χ0) is 27.9. The van der Waals surface area contributed by atoms with Crippen LogP contribution in [0.3, 0.4) is 0 Å². The minimum atomic E-state index is -0.363. The smallest absolute Gasteiger partial charge is 0.270 e. The van der Waals surface area contributed by atoms with E-state index in [4.69, 9.17) is 21.7 Å². The van der Waals surface area contributed by atoms with Crippen molar-refractivity contribution in [2.45, 2.75) is 72.4 Å². The zero-order valence-corrected chi connectivity index (χ0v) is 24.3. The van der Waals surface area contributed by atoms with Crippen molar-refractivity contribution in [3.05, 3.63) is 55.7 Å². The molecule has 0 atom stereocenters. The number of nitrogens with one attached hydrogen (secondary N) is 1. The number of hydrogen-bond acceptors (Lipinski definition) is 8. The van der Waals surface area contributed by atoms with E-state index in [0.717, 1.165) is 24.8 Å². The first kappa shape index (κ1) is 28.7. The molecule has 1 amide bonds. The van der Waals surface area contributed by atoms with Crippen molar-refractivity contribution in [3.63, 3.8) is 0 Å². The van der Waals surface area contributed by atoms with Gasteiger partial charge in [0.1, 0.15) is 21.8 Å². The van der Waals surface area contributed by atoms with Gasteiger partial charge in [-0.2, -0.15) is 5.26 Å². The van der Waals surface area contributed by atoms with E-state index in [0.29, 0.717) is 57.3 Å². The molecular weight excluding hydrogens is 532 g/mol. The topological polar surface area (TPSA) is 96.6 Å². The molecule has 206 valence electrons. The number of pyridine rings is 1. The highest BCUT2D eigenvalue weighted by Gasteiger charge is 2.32. The number of hydrogen-bond donors (Lipinski definition) is 1.